The van der Waals surface area contributed by atoms with Gasteiger partial charge in [0.15, 0.2) is 0 Å². The summed E-state index contributed by atoms with van der Waals surface area (Å²) < 4.78 is 18.2. The molecular formula is C11H5ClFN3O5. The molecule has 1 heterocycles. The van der Waals surface area contributed by atoms with E-state index in [1.165, 1.54) is 0 Å². The summed E-state index contributed by atoms with van der Waals surface area (Å²) >= 11 is 5.59. The Morgan fingerprint density at radius 1 is 1.14 bits per heavy atom. The minimum Gasteiger partial charge on any atom is -0.431 e. The third kappa shape index (κ3) is 3.39. The van der Waals surface area contributed by atoms with Gasteiger partial charge in [0.05, 0.1) is 22.0 Å². The van der Waals surface area contributed by atoms with Crippen LogP contribution >= 0.6 is 11.6 Å². The summed E-state index contributed by atoms with van der Waals surface area (Å²) in [5.74, 6) is -1.57. The van der Waals surface area contributed by atoms with Gasteiger partial charge >= 0.3 is 5.69 Å². The van der Waals surface area contributed by atoms with Gasteiger partial charge in [-0.15, -0.1) is 0 Å². The van der Waals surface area contributed by atoms with Crippen LogP contribution in [0.2, 0.25) is 5.15 Å². The molecule has 2 rings (SSSR count). The van der Waals surface area contributed by atoms with Crippen LogP contribution in [-0.2, 0) is 0 Å². The number of nitro benzene ring substituents is 1. The van der Waals surface area contributed by atoms with E-state index in [2.05, 4.69) is 4.98 Å². The van der Waals surface area contributed by atoms with E-state index in [1.54, 1.807) is 0 Å². The molecule has 1 aromatic carbocycles. The molecular weight excluding hydrogens is 309 g/mol. The number of ether oxygens (including phenoxy) is 1. The number of halogens is 2. The minimum atomic E-state index is -0.784. The molecule has 0 saturated heterocycles. The van der Waals surface area contributed by atoms with Crippen LogP contribution in [0, 0.1) is 26.0 Å². The quantitative estimate of drug-likeness (QED) is 0.485. The molecule has 10 heteroatoms. The van der Waals surface area contributed by atoms with Crippen molar-refractivity contribution in [1.29, 1.82) is 0 Å². The van der Waals surface area contributed by atoms with Gasteiger partial charge in [0.1, 0.15) is 11.0 Å². The fourth-order valence-corrected chi connectivity index (χ4v) is 1.65. The Bertz CT molecular complexity index is 740. The Labute approximate surface area is 121 Å². The van der Waals surface area contributed by atoms with Gasteiger partial charge in [0.25, 0.3) is 5.69 Å². The second kappa shape index (κ2) is 5.67. The molecule has 0 N–H and O–H groups in total. The number of nitrogens with zero attached hydrogens (tertiary/aromatic N) is 3. The smallest absolute Gasteiger partial charge is 0.311 e. The van der Waals surface area contributed by atoms with Crippen molar-refractivity contribution in [3.8, 4) is 11.6 Å². The number of hydrogen-bond donors (Lipinski definition) is 0. The van der Waals surface area contributed by atoms with Crippen LogP contribution < -0.4 is 4.74 Å². The first-order chi connectivity index (χ1) is 9.86. The lowest BCUT2D eigenvalue weighted by Crippen LogP contribution is -1.97. The van der Waals surface area contributed by atoms with Gasteiger partial charge in [-0.3, -0.25) is 20.2 Å². The highest BCUT2D eigenvalue weighted by Crippen LogP contribution is 2.33. The van der Waals surface area contributed by atoms with E-state index in [4.69, 9.17) is 16.3 Å². The van der Waals surface area contributed by atoms with Crippen molar-refractivity contribution >= 4 is 23.0 Å². The van der Waals surface area contributed by atoms with Crippen molar-refractivity contribution in [2.45, 2.75) is 0 Å². The number of nitro groups is 2. The monoisotopic (exact) mass is 313 g/mol. The fraction of sp³-hybridized carbons (Fsp3) is 0. The summed E-state index contributed by atoms with van der Waals surface area (Å²) in [5, 5.41) is 21.3. The van der Waals surface area contributed by atoms with Crippen molar-refractivity contribution < 1.29 is 19.0 Å². The Morgan fingerprint density at radius 2 is 1.86 bits per heavy atom. The van der Waals surface area contributed by atoms with E-state index < -0.39 is 32.8 Å². The molecule has 108 valence electrons. The maximum Gasteiger partial charge on any atom is 0.311 e. The van der Waals surface area contributed by atoms with E-state index in [0.29, 0.717) is 0 Å². The van der Waals surface area contributed by atoms with Crippen LogP contribution in [0.25, 0.3) is 0 Å². The van der Waals surface area contributed by atoms with E-state index in [-0.39, 0.29) is 11.0 Å². The number of benzene rings is 1. The van der Waals surface area contributed by atoms with Crippen LogP contribution in [0.15, 0.2) is 30.3 Å². The summed E-state index contributed by atoms with van der Waals surface area (Å²) in [6, 6.07) is 4.46. The van der Waals surface area contributed by atoms with Gasteiger partial charge in [-0.05, 0) is 6.07 Å². The molecule has 0 aliphatic carbocycles. The van der Waals surface area contributed by atoms with E-state index >= 15 is 0 Å². The summed E-state index contributed by atoms with van der Waals surface area (Å²) in [6.45, 7) is 0. The van der Waals surface area contributed by atoms with Gasteiger partial charge in [-0.2, -0.15) is 0 Å². The largest absolute Gasteiger partial charge is 0.431 e. The average molecular weight is 314 g/mol. The first-order valence-corrected chi connectivity index (χ1v) is 5.68. The predicted molar refractivity (Wildman–Crippen MR) is 69.0 cm³/mol. The second-order valence-corrected chi connectivity index (χ2v) is 4.10. The van der Waals surface area contributed by atoms with Gasteiger partial charge < -0.3 is 4.74 Å². The first-order valence-electron chi connectivity index (χ1n) is 5.30. The highest BCUT2D eigenvalue weighted by Gasteiger charge is 2.19. The maximum absolute atomic E-state index is 13.1. The van der Waals surface area contributed by atoms with Crippen molar-refractivity contribution in [2.75, 3.05) is 0 Å². The topological polar surface area (TPSA) is 108 Å². The van der Waals surface area contributed by atoms with Crippen molar-refractivity contribution in [1.82, 2.24) is 4.98 Å². The zero-order chi connectivity index (χ0) is 15.6. The van der Waals surface area contributed by atoms with Crippen LogP contribution in [0.3, 0.4) is 0 Å². The molecule has 0 spiro atoms. The van der Waals surface area contributed by atoms with Crippen LogP contribution in [0.5, 0.6) is 11.6 Å². The van der Waals surface area contributed by atoms with E-state index in [9.17, 15) is 24.6 Å². The molecule has 21 heavy (non-hydrogen) atoms. The maximum atomic E-state index is 13.1. The number of aromatic nitrogens is 1. The molecule has 0 aliphatic rings. The molecule has 0 fully saturated rings. The Balaban J connectivity index is 2.45. The highest BCUT2D eigenvalue weighted by atomic mass is 35.5. The van der Waals surface area contributed by atoms with Gasteiger partial charge in [0.2, 0.25) is 11.6 Å². The third-order valence-corrected chi connectivity index (χ3v) is 2.49. The van der Waals surface area contributed by atoms with Crippen LogP contribution in [0.4, 0.5) is 15.8 Å². The normalized spacial score (nSPS) is 10.2. The molecule has 2 aromatic rings. The van der Waals surface area contributed by atoms with Gasteiger partial charge in [0, 0.05) is 12.1 Å². The van der Waals surface area contributed by atoms with Crippen LogP contribution in [0.1, 0.15) is 0 Å². The molecule has 0 radical (unpaired) electrons. The van der Waals surface area contributed by atoms with Crippen molar-refractivity contribution in [3.63, 3.8) is 0 Å². The molecule has 0 amide bonds. The minimum absolute atomic E-state index is 0.238. The Hall–Kier alpha value is -2.81. The molecule has 8 nitrogen and oxygen atoms in total. The van der Waals surface area contributed by atoms with Crippen molar-refractivity contribution in [2.24, 2.45) is 0 Å². The van der Waals surface area contributed by atoms with Gasteiger partial charge in [-0.25, -0.2) is 9.37 Å². The number of rotatable bonds is 4. The summed E-state index contributed by atoms with van der Waals surface area (Å²) in [5.41, 5.74) is -0.926. The zero-order valence-electron chi connectivity index (χ0n) is 10.0. The second-order valence-electron chi connectivity index (χ2n) is 3.71. The molecule has 0 aliphatic heterocycles. The number of pyridine rings is 1. The predicted octanol–water partition coefficient (Wildman–Crippen LogP) is 3.48. The fourth-order valence-electron chi connectivity index (χ4n) is 1.45. The number of hydrogen-bond acceptors (Lipinski definition) is 6. The summed E-state index contributed by atoms with van der Waals surface area (Å²) in [6.07, 6.45) is 0. The Kier molecular flexibility index (Phi) is 3.94. The SMILES string of the molecule is O=[N+]([O-])c1cc(Cl)nc(Oc2cc(F)ccc2[N+](=O)[O-])c1. The summed E-state index contributed by atoms with van der Waals surface area (Å²) in [4.78, 5) is 23.6. The molecule has 0 atom stereocenters. The lowest BCUT2D eigenvalue weighted by molar-refractivity contribution is -0.386. The highest BCUT2D eigenvalue weighted by molar-refractivity contribution is 6.29. The molecule has 0 unspecified atom stereocenters. The molecule has 0 bridgehead atoms. The van der Waals surface area contributed by atoms with Crippen molar-refractivity contribution in [3.05, 3.63) is 61.5 Å². The van der Waals surface area contributed by atoms with E-state index in [1.807, 2.05) is 0 Å². The standard InChI is InChI=1S/C11H5ClFN3O5/c12-10-4-7(15(17)18)5-11(14-10)21-9-3-6(13)1-2-8(9)16(19)20/h1-5H. The Morgan fingerprint density at radius 3 is 2.48 bits per heavy atom. The zero-order valence-corrected chi connectivity index (χ0v) is 10.8. The van der Waals surface area contributed by atoms with E-state index in [0.717, 1.165) is 30.3 Å². The molecule has 1 aromatic heterocycles. The van der Waals surface area contributed by atoms with Crippen LogP contribution in [-0.4, -0.2) is 14.8 Å². The summed E-state index contributed by atoms with van der Waals surface area (Å²) in [7, 11) is 0. The third-order valence-electron chi connectivity index (χ3n) is 2.30. The van der Waals surface area contributed by atoms with Gasteiger partial charge in [-0.1, -0.05) is 11.6 Å². The molecule has 0 saturated carbocycles. The lowest BCUT2D eigenvalue weighted by Gasteiger charge is -2.05. The average Bonchev–Trinajstić information content (AvgIpc) is 2.37. The first kappa shape index (κ1) is 14.6. The lowest BCUT2D eigenvalue weighted by atomic mass is 10.3.